The summed E-state index contributed by atoms with van der Waals surface area (Å²) in [6.45, 7) is 0.0887. The number of halogens is 1. The van der Waals surface area contributed by atoms with Crippen molar-refractivity contribution in [3.8, 4) is 17.5 Å². The van der Waals surface area contributed by atoms with Gasteiger partial charge in [0.15, 0.2) is 5.69 Å². The van der Waals surface area contributed by atoms with E-state index in [4.69, 9.17) is 0 Å². The molecule has 1 aromatic heterocycles. The van der Waals surface area contributed by atoms with E-state index in [1.165, 1.54) is 17.1 Å². The molecule has 0 fully saturated rings. The third kappa shape index (κ3) is 3.65. The van der Waals surface area contributed by atoms with Gasteiger partial charge in [0.2, 0.25) is 0 Å². The monoisotopic (exact) mass is 320 g/mol. The van der Waals surface area contributed by atoms with Crippen LogP contribution in [0.1, 0.15) is 16.1 Å². The van der Waals surface area contributed by atoms with Crippen molar-refractivity contribution in [2.24, 2.45) is 0 Å². The maximum Gasteiger partial charge on any atom is 0.274 e. The van der Waals surface area contributed by atoms with Gasteiger partial charge in [-0.1, -0.05) is 42.2 Å². The second-order valence-electron chi connectivity index (χ2n) is 4.82. The number of nitrogens with one attached hydrogen (secondary N) is 1. The molecule has 0 saturated heterocycles. The minimum Gasteiger partial charge on any atom is -0.340 e. The highest BCUT2D eigenvalue weighted by Crippen LogP contribution is 2.04. The largest absolute Gasteiger partial charge is 0.340 e. The van der Waals surface area contributed by atoms with Crippen molar-refractivity contribution in [3.05, 3.63) is 77.9 Å². The predicted molar refractivity (Wildman–Crippen MR) is 87.0 cm³/mol. The molecule has 1 heterocycles. The minimum absolute atomic E-state index is 0.0887. The standard InChI is InChI=1S/C18H13FN4O/c19-16-11-5-4-7-14(16)8-6-12-20-18(24)17-13-21-23(22-17)15-9-2-1-3-10-15/h1-5,7,9-11,13H,12H2,(H,20,24). The molecule has 0 spiro atoms. The summed E-state index contributed by atoms with van der Waals surface area (Å²) in [5.74, 6) is 4.60. The molecule has 0 radical (unpaired) electrons. The molecule has 2 aromatic carbocycles. The fourth-order valence-electron chi connectivity index (χ4n) is 1.97. The van der Waals surface area contributed by atoms with E-state index in [1.54, 1.807) is 18.2 Å². The Kier molecular flexibility index (Phi) is 4.63. The molecule has 0 aliphatic carbocycles. The number of rotatable bonds is 3. The molecule has 0 aliphatic rings. The molecule has 0 unspecified atom stereocenters. The van der Waals surface area contributed by atoms with Crippen LogP contribution >= 0.6 is 0 Å². The van der Waals surface area contributed by atoms with E-state index in [1.807, 2.05) is 30.3 Å². The first-order valence-electron chi connectivity index (χ1n) is 7.23. The van der Waals surface area contributed by atoms with E-state index >= 15 is 0 Å². The number of hydrogen-bond donors (Lipinski definition) is 1. The van der Waals surface area contributed by atoms with Crippen molar-refractivity contribution >= 4 is 5.91 Å². The van der Waals surface area contributed by atoms with E-state index in [-0.39, 0.29) is 24.0 Å². The number of carbonyl (C=O) groups is 1. The molecular weight excluding hydrogens is 307 g/mol. The molecule has 24 heavy (non-hydrogen) atoms. The van der Waals surface area contributed by atoms with Crippen LogP contribution in [-0.4, -0.2) is 27.4 Å². The van der Waals surface area contributed by atoms with Gasteiger partial charge in [0.1, 0.15) is 5.82 Å². The van der Waals surface area contributed by atoms with Crippen LogP contribution in [0.15, 0.2) is 60.8 Å². The van der Waals surface area contributed by atoms with Gasteiger partial charge in [0.05, 0.1) is 24.0 Å². The Balaban J connectivity index is 1.61. The summed E-state index contributed by atoms with van der Waals surface area (Å²) in [4.78, 5) is 13.4. The van der Waals surface area contributed by atoms with Gasteiger partial charge in [-0.25, -0.2) is 4.39 Å². The zero-order chi connectivity index (χ0) is 16.8. The van der Waals surface area contributed by atoms with Crippen LogP contribution in [0, 0.1) is 17.7 Å². The lowest BCUT2D eigenvalue weighted by atomic mass is 10.2. The maximum absolute atomic E-state index is 13.4. The molecule has 1 N–H and O–H groups in total. The van der Waals surface area contributed by atoms with Crippen LogP contribution in [0.2, 0.25) is 0 Å². The van der Waals surface area contributed by atoms with Crippen molar-refractivity contribution in [2.75, 3.05) is 6.54 Å². The molecule has 3 aromatic rings. The van der Waals surface area contributed by atoms with Crippen molar-refractivity contribution in [1.29, 1.82) is 0 Å². The minimum atomic E-state index is -0.389. The summed E-state index contributed by atoms with van der Waals surface area (Å²) in [7, 11) is 0. The molecular formula is C18H13FN4O. The SMILES string of the molecule is O=C(NCC#Cc1ccccc1F)c1cnn(-c2ccccc2)n1. The maximum atomic E-state index is 13.4. The van der Waals surface area contributed by atoms with Crippen molar-refractivity contribution < 1.29 is 9.18 Å². The number of amides is 1. The fourth-order valence-corrected chi connectivity index (χ4v) is 1.97. The van der Waals surface area contributed by atoms with Crippen LogP contribution in [0.4, 0.5) is 4.39 Å². The lowest BCUT2D eigenvalue weighted by Crippen LogP contribution is -2.24. The first kappa shape index (κ1) is 15.4. The van der Waals surface area contributed by atoms with Gasteiger partial charge in [0, 0.05) is 0 Å². The quantitative estimate of drug-likeness (QED) is 0.753. The Labute approximate surface area is 138 Å². The van der Waals surface area contributed by atoms with E-state index < -0.39 is 0 Å². The summed E-state index contributed by atoms with van der Waals surface area (Å²) in [5, 5.41) is 10.8. The number of hydrogen-bond acceptors (Lipinski definition) is 3. The molecule has 0 atom stereocenters. The summed E-state index contributed by atoms with van der Waals surface area (Å²) >= 11 is 0. The van der Waals surface area contributed by atoms with Gasteiger partial charge in [-0.3, -0.25) is 4.79 Å². The van der Waals surface area contributed by atoms with E-state index in [0.29, 0.717) is 5.56 Å². The number of benzene rings is 2. The van der Waals surface area contributed by atoms with E-state index in [0.717, 1.165) is 5.69 Å². The van der Waals surface area contributed by atoms with Crippen molar-refractivity contribution in [1.82, 2.24) is 20.3 Å². The highest BCUT2D eigenvalue weighted by Gasteiger charge is 2.10. The van der Waals surface area contributed by atoms with Crippen LogP contribution in [-0.2, 0) is 0 Å². The average molecular weight is 320 g/mol. The highest BCUT2D eigenvalue weighted by molar-refractivity contribution is 5.92. The molecule has 118 valence electrons. The van der Waals surface area contributed by atoms with Gasteiger partial charge in [0.25, 0.3) is 5.91 Å². The van der Waals surface area contributed by atoms with Crippen LogP contribution < -0.4 is 5.32 Å². The summed E-state index contributed by atoms with van der Waals surface area (Å²) in [5.41, 5.74) is 1.24. The van der Waals surface area contributed by atoms with Crippen LogP contribution in [0.25, 0.3) is 5.69 Å². The number of para-hydroxylation sites is 1. The second kappa shape index (κ2) is 7.20. The topological polar surface area (TPSA) is 59.8 Å². The van der Waals surface area contributed by atoms with Gasteiger partial charge in [-0.15, -0.1) is 5.10 Å². The molecule has 1 amide bonds. The molecule has 3 rings (SSSR count). The smallest absolute Gasteiger partial charge is 0.274 e. The Hall–Kier alpha value is -3.46. The zero-order valence-corrected chi connectivity index (χ0v) is 12.6. The van der Waals surface area contributed by atoms with Gasteiger partial charge >= 0.3 is 0 Å². The number of carbonyl (C=O) groups excluding carboxylic acids is 1. The van der Waals surface area contributed by atoms with E-state index in [2.05, 4.69) is 27.4 Å². The predicted octanol–water partition coefficient (Wildman–Crippen LogP) is 2.19. The van der Waals surface area contributed by atoms with Crippen molar-refractivity contribution in [2.45, 2.75) is 0 Å². The van der Waals surface area contributed by atoms with Crippen molar-refractivity contribution in [3.63, 3.8) is 0 Å². The highest BCUT2D eigenvalue weighted by atomic mass is 19.1. The Bertz CT molecular complexity index is 909. The summed E-state index contributed by atoms with van der Waals surface area (Å²) < 4.78 is 13.4. The molecule has 5 nitrogen and oxygen atoms in total. The molecule has 0 aliphatic heterocycles. The van der Waals surface area contributed by atoms with Crippen LogP contribution in [0.5, 0.6) is 0 Å². The van der Waals surface area contributed by atoms with Gasteiger partial charge < -0.3 is 5.32 Å². The Morgan fingerprint density at radius 3 is 2.67 bits per heavy atom. The lowest BCUT2D eigenvalue weighted by Gasteiger charge is -1.98. The first-order valence-corrected chi connectivity index (χ1v) is 7.23. The number of nitrogens with zero attached hydrogens (tertiary/aromatic N) is 3. The number of aromatic nitrogens is 3. The Morgan fingerprint density at radius 1 is 1.12 bits per heavy atom. The van der Waals surface area contributed by atoms with Gasteiger partial charge in [-0.05, 0) is 24.3 Å². The van der Waals surface area contributed by atoms with Gasteiger partial charge in [-0.2, -0.15) is 9.90 Å². The summed E-state index contributed by atoms with van der Waals surface area (Å²) in [6, 6.07) is 15.5. The Morgan fingerprint density at radius 2 is 1.88 bits per heavy atom. The summed E-state index contributed by atoms with van der Waals surface area (Å²) in [6.07, 6.45) is 1.38. The average Bonchev–Trinajstić information content (AvgIpc) is 3.11. The molecule has 0 saturated carbocycles. The zero-order valence-electron chi connectivity index (χ0n) is 12.6. The van der Waals surface area contributed by atoms with Crippen LogP contribution in [0.3, 0.4) is 0 Å². The first-order chi connectivity index (χ1) is 11.7. The second-order valence-corrected chi connectivity index (χ2v) is 4.82. The fraction of sp³-hybridized carbons (Fsp3) is 0.0556. The molecule has 0 bridgehead atoms. The normalized spacial score (nSPS) is 9.88. The van der Waals surface area contributed by atoms with E-state index in [9.17, 15) is 9.18 Å². The third-order valence-electron chi connectivity index (χ3n) is 3.15. The third-order valence-corrected chi connectivity index (χ3v) is 3.15. The lowest BCUT2D eigenvalue weighted by molar-refractivity contribution is 0.0953. The molecule has 6 heteroatoms.